The smallest absolute Gasteiger partial charge is 0.387 e. The number of alkyl halides is 2. The fourth-order valence-corrected chi connectivity index (χ4v) is 1.81. The topological polar surface area (TPSA) is 46.5 Å². The maximum absolute atomic E-state index is 12.1. The molecule has 2 rings (SSSR count). The summed E-state index contributed by atoms with van der Waals surface area (Å²) in [6.07, 6.45) is -0.157. The van der Waals surface area contributed by atoms with E-state index in [0.29, 0.717) is 10.9 Å². The molecule has 0 heterocycles. The van der Waals surface area contributed by atoms with Gasteiger partial charge in [0.1, 0.15) is 5.75 Å². The third-order valence-electron chi connectivity index (χ3n) is 2.51. The van der Waals surface area contributed by atoms with Gasteiger partial charge in [-0.05, 0) is 28.5 Å². The lowest BCUT2D eigenvalue weighted by atomic mass is 10.0. The van der Waals surface area contributed by atoms with E-state index in [4.69, 9.17) is 5.11 Å². The molecule has 0 fully saturated rings. The maximum Gasteiger partial charge on any atom is 0.387 e. The van der Waals surface area contributed by atoms with Crippen molar-refractivity contribution >= 4 is 16.7 Å². The molecule has 0 unspecified atom stereocenters. The third kappa shape index (κ3) is 2.74. The van der Waals surface area contributed by atoms with E-state index in [1.54, 1.807) is 24.3 Å². The van der Waals surface area contributed by atoms with Gasteiger partial charge in [-0.2, -0.15) is 8.78 Å². The first kappa shape index (κ1) is 12.3. The Morgan fingerprint density at radius 1 is 1.28 bits per heavy atom. The first-order valence-corrected chi connectivity index (χ1v) is 5.24. The van der Waals surface area contributed by atoms with Gasteiger partial charge >= 0.3 is 12.6 Å². The van der Waals surface area contributed by atoms with Gasteiger partial charge in [-0.25, -0.2) is 0 Å². The Hall–Kier alpha value is -2.17. The van der Waals surface area contributed by atoms with Gasteiger partial charge in [0.2, 0.25) is 0 Å². The van der Waals surface area contributed by atoms with E-state index in [2.05, 4.69) is 4.74 Å². The van der Waals surface area contributed by atoms with Crippen LogP contribution in [0.2, 0.25) is 0 Å². The number of fused-ring (bicyclic) bond motifs is 1. The SMILES string of the molecule is O=C(O)Cc1cccc2ccc(OC(F)F)cc12. The molecule has 0 aliphatic rings. The number of carboxylic acid groups (broad SMARTS) is 1. The minimum Gasteiger partial charge on any atom is -0.481 e. The Kier molecular flexibility index (Phi) is 3.41. The first-order valence-electron chi connectivity index (χ1n) is 5.24. The molecule has 94 valence electrons. The van der Waals surface area contributed by atoms with Gasteiger partial charge in [-0.15, -0.1) is 0 Å². The predicted octanol–water partition coefficient (Wildman–Crippen LogP) is 3.07. The van der Waals surface area contributed by atoms with Crippen LogP contribution in [0.25, 0.3) is 10.8 Å². The normalized spacial score (nSPS) is 10.8. The van der Waals surface area contributed by atoms with Crippen molar-refractivity contribution in [3.63, 3.8) is 0 Å². The molecular formula is C13H10F2O3. The fourth-order valence-electron chi connectivity index (χ4n) is 1.81. The fraction of sp³-hybridized carbons (Fsp3) is 0.154. The van der Waals surface area contributed by atoms with Crippen LogP contribution < -0.4 is 4.74 Å². The summed E-state index contributed by atoms with van der Waals surface area (Å²) in [6.45, 7) is -2.89. The summed E-state index contributed by atoms with van der Waals surface area (Å²) in [7, 11) is 0. The number of benzene rings is 2. The van der Waals surface area contributed by atoms with Gasteiger partial charge in [-0.3, -0.25) is 4.79 Å². The lowest BCUT2D eigenvalue weighted by Crippen LogP contribution is -2.03. The highest BCUT2D eigenvalue weighted by molar-refractivity contribution is 5.89. The molecular weight excluding hydrogens is 242 g/mol. The van der Waals surface area contributed by atoms with Crippen LogP contribution in [-0.4, -0.2) is 17.7 Å². The van der Waals surface area contributed by atoms with Crippen molar-refractivity contribution in [3.8, 4) is 5.75 Å². The molecule has 0 atom stereocenters. The van der Waals surface area contributed by atoms with Crippen LogP contribution in [-0.2, 0) is 11.2 Å². The largest absolute Gasteiger partial charge is 0.481 e. The van der Waals surface area contributed by atoms with Crippen molar-refractivity contribution in [2.24, 2.45) is 0 Å². The average molecular weight is 252 g/mol. The second-order valence-corrected chi connectivity index (χ2v) is 3.75. The molecule has 0 bridgehead atoms. The average Bonchev–Trinajstić information content (AvgIpc) is 2.28. The monoisotopic (exact) mass is 252 g/mol. The Labute approximate surface area is 102 Å². The van der Waals surface area contributed by atoms with Gasteiger partial charge in [0.25, 0.3) is 0 Å². The number of ether oxygens (including phenoxy) is 1. The van der Waals surface area contributed by atoms with Gasteiger partial charge in [0, 0.05) is 0 Å². The van der Waals surface area contributed by atoms with E-state index in [-0.39, 0.29) is 12.2 Å². The van der Waals surface area contributed by atoms with Crippen LogP contribution in [0, 0.1) is 0 Å². The minimum absolute atomic E-state index is 0.0235. The standard InChI is InChI=1S/C13H10F2O3/c14-13(15)18-10-5-4-8-2-1-3-9(6-12(16)17)11(8)7-10/h1-5,7,13H,6H2,(H,16,17). The molecule has 1 N–H and O–H groups in total. The van der Waals surface area contributed by atoms with Crippen LogP contribution in [0.5, 0.6) is 5.75 Å². The van der Waals surface area contributed by atoms with Crippen LogP contribution in [0.4, 0.5) is 8.78 Å². The number of rotatable bonds is 4. The molecule has 0 aliphatic heterocycles. The van der Waals surface area contributed by atoms with Crippen LogP contribution in [0.3, 0.4) is 0 Å². The lowest BCUT2D eigenvalue weighted by Gasteiger charge is -2.08. The summed E-state index contributed by atoms with van der Waals surface area (Å²) >= 11 is 0. The van der Waals surface area contributed by atoms with E-state index in [1.165, 1.54) is 12.1 Å². The molecule has 0 saturated heterocycles. The highest BCUT2D eigenvalue weighted by atomic mass is 19.3. The number of hydrogen-bond donors (Lipinski definition) is 1. The van der Waals surface area contributed by atoms with E-state index in [0.717, 1.165) is 5.39 Å². The Morgan fingerprint density at radius 3 is 2.72 bits per heavy atom. The summed E-state index contributed by atoms with van der Waals surface area (Å²) < 4.78 is 28.5. The van der Waals surface area contributed by atoms with Crippen molar-refractivity contribution in [2.75, 3.05) is 0 Å². The number of hydrogen-bond acceptors (Lipinski definition) is 2. The molecule has 0 aliphatic carbocycles. The van der Waals surface area contributed by atoms with Crippen LogP contribution in [0.15, 0.2) is 36.4 Å². The zero-order valence-electron chi connectivity index (χ0n) is 9.27. The minimum atomic E-state index is -2.89. The number of aliphatic carboxylic acids is 1. The molecule has 3 nitrogen and oxygen atoms in total. The van der Waals surface area contributed by atoms with E-state index in [9.17, 15) is 13.6 Å². The van der Waals surface area contributed by atoms with Crippen molar-refractivity contribution in [3.05, 3.63) is 42.0 Å². The van der Waals surface area contributed by atoms with Crippen molar-refractivity contribution in [2.45, 2.75) is 13.0 Å². The summed E-state index contributed by atoms with van der Waals surface area (Å²) in [5.41, 5.74) is 0.569. The molecule has 0 aromatic heterocycles. The van der Waals surface area contributed by atoms with Crippen molar-refractivity contribution < 1.29 is 23.4 Å². The molecule has 5 heteroatoms. The lowest BCUT2D eigenvalue weighted by molar-refractivity contribution is -0.136. The van der Waals surface area contributed by atoms with E-state index >= 15 is 0 Å². The van der Waals surface area contributed by atoms with Gasteiger partial charge in [0.15, 0.2) is 0 Å². The highest BCUT2D eigenvalue weighted by Crippen LogP contribution is 2.25. The third-order valence-corrected chi connectivity index (χ3v) is 2.51. The molecule has 2 aromatic carbocycles. The van der Waals surface area contributed by atoms with Crippen molar-refractivity contribution in [1.29, 1.82) is 0 Å². The summed E-state index contributed by atoms with van der Waals surface area (Å²) in [5.74, 6) is -0.946. The summed E-state index contributed by atoms with van der Waals surface area (Å²) in [5, 5.41) is 10.2. The molecule has 18 heavy (non-hydrogen) atoms. The molecule has 2 aromatic rings. The number of carbonyl (C=O) groups is 1. The predicted molar refractivity (Wildman–Crippen MR) is 61.9 cm³/mol. The van der Waals surface area contributed by atoms with E-state index in [1.807, 2.05) is 0 Å². The molecule has 0 spiro atoms. The molecule has 0 radical (unpaired) electrons. The molecule has 0 saturated carbocycles. The summed E-state index contributed by atoms with van der Waals surface area (Å²) in [6, 6.07) is 9.65. The maximum atomic E-state index is 12.1. The van der Waals surface area contributed by atoms with E-state index < -0.39 is 12.6 Å². The second kappa shape index (κ2) is 5.00. The first-order chi connectivity index (χ1) is 8.56. The van der Waals surface area contributed by atoms with Gasteiger partial charge < -0.3 is 9.84 Å². The quantitative estimate of drug-likeness (QED) is 0.909. The Balaban J connectivity index is 2.47. The Morgan fingerprint density at radius 2 is 2.06 bits per heavy atom. The zero-order valence-corrected chi connectivity index (χ0v) is 9.27. The number of carboxylic acids is 1. The molecule has 0 amide bonds. The van der Waals surface area contributed by atoms with Crippen molar-refractivity contribution in [1.82, 2.24) is 0 Å². The highest BCUT2D eigenvalue weighted by Gasteiger charge is 2.09. The van der Waals surface area contributed by atoms with Crippen LogP contribution in [0.1, 0.15) is 5.56 Å². The van der Waals surface area contributed by atoms with Crippen LogP contribution >= 0.6 is 0 Å². The summed E-state index contributed by atoms with van der Waals surface area (Å²) in [4.78, 5) is 10.7. The van der Waals surface area contributed by atoms with Gasteiger partial charge in [0.05, 0.1) is 6.42 Å². The second-order valence-electron chi connectivity index (χ2n) is 3.75. The van der Waals surface area contributed by atoms with Gasteiger partial charge in [-0.1, -0.05) is 24.3 Å². The zero-order chi connectivity index (χ0) is 13.1. The Bertz CT molecular complexity index is 581. The number of halogens is 2.